The zero-order chi connectivity index (χ0) is 13.6. The average Bonchev–Trinajstić information content (AvgIpc) is 2.74. The zero-order valence-electron chi connectivity index (χ0n) is 12.1. The predicted octanol–water partition coefficient (Wildman–Crippen LogP) is 4.01. The second-order valence-electron chi connectivity index (χ2n) is 5.92. The number of nitrogens with one attached hydrogen (secondary N) is 1. The highest BCUT2D eigenvalue weighted by Crippen LogP contribution is 2.23. The normalized spacial score (nSPS) is 24.2. The van der Waals surface area contributed by atoms with Crippen LogP contribution in [0.25, 0.3) is 0 Å². The van der Waals surface area contributed by atoms with E-state index in [1.54, 1.807) is 0 Å². The monoisotopic (exact) mass is 288 g/mol. The van der Waals surface area contributed by atoms with Crippen LogP contribution in [-0.4, -0.2) is 23.0 Å². The Labute approximate surface area is 126 Å². The Balaban J connectivity index is 1.52. The van der Waals surface area contributed by atoms with E-state index in [1.807, 2.05) is 11.8 Å². The molecule has 1 unspecified atom stereocenters. The standard InChI is InChI=1S/C17H24N2S/c1-2-7-11-15(10-6-1)18-17-19-16(13-20-17)12-14-8-4-3-5-9-14/h3-5,8-9,15-16H,1-2,6-7,10-13H2,(H,18,19). The van der Waals surface area contributed by atoms with Crippen LogP contribution in [0, 0.1) is 0 Å². The smallest absolute Gasteiger partial charge is 0.157 e. The summed E-state index contributed by atoms with van der Waals surface area (Å²) in [6, 6.07) is 11.8. The number of aliphatic imine (C=N–C) groups is 1. The van der Waals surface area contributed by atoms with Crippen LogP contribution in [-0.2, 0) is 6.42 Å². The maximum atomic E-state index is 4.88. The minimum absolute atomic E-state index is 0.454. The Bertz CT molecular complexity index is 436. The molecule has 1 aromatic carbocycles. The van der Waals surface area contributed by atoms with Crippen molar-refractivity contribution >= 4 is 16.9 Å². The Kier molecular flexibility index (Phi) is 5.01. The van der Waals surface area contributed by atoms with Gasteiger partial charge in [0.05, 0.1) is 6.04 Å². The Morgan fingerprint density at radius 2 is 1.80 bits per heavy atom. The van der Waals surface area contributed by atoms with E-state index in [-0.39, 0.29) is 0 Å². The number of benzene rings is 1. The van der Waals surface area contributed by atoms with Gasteiger partial charge in [0.2, 0.25) is 0 Å². The first-order valence-electron chi connectivity index (χ1n) is 7.91. The van der Waals surface area contributed by atoms with Crippen molar-refractivity contribution in [1.82, 2.24) is 5.32 Å². The SMILES string of the molecule is c1ccc(CC2CSC(NC3CCCCCC3)=N2)cc1. The number of thioether (sulfide) groups is 1. The molecule has 2 aliphatic rings. The van der Waals surface area contributed by atoms with Crippen LogP contribution in [0.3, 0.4) is 0 Å². The van der Waals surface area contributed by atoms with Crippen molar-refractivity contribution in [2.45, 2.75) is 57.0 Å². The maximum absolute atomic E-state index is 4.88. The van der Waals surface area contributed by atoms with Gasteiger partial charge in [-0.2, -0.15) is 0 Å². The van der Waals surface area contributed by atoms with Gasteiger partial charge in [0.15, 0.2) is 5.17 Å². The van der Waals surface area contributed by atoms with E-state index in [0.717, 1.165) is 12.2 Å². The summed E-state index contributed by atoms with van der Waals surface area (Å²) in [7, 11) is 0. The van der Waals surface area contributed by atoms with Gasteiger partial charge < -0.3 is 5.32 Å². The van der Waals surface area contributed by atoms with Crippen LogP contribution in [0.4, 0.5) is 0 Å². The third-order valence-corrected chi connectivity index (χ3v) is 5.26. The van der Waals surface area contributed by atoms with E-state index < -0.39 is 0 Å². The molecule has 0 spiro atoms. The van der Waals surface area contributed by atoms with Crippen molar-refractivity contribution in [2.75, 3.05) is 5.75 Å². The number of nitrogens with zero attached hydrogens (tertiary/aromatic N) is 1. The van der Waals surface area contributed by atoms with Crippen LogP contribution >= 0.6 is 11.8 Å². The second kappa shape index (κ2) is 7.16. The summed E-state index contributed by atoms with van der Waals surface area (Å²) in [5, 5.41) is 4.88. The molecule has 1 saturated carbocycles. The first kappa shape index (κ1) is 14.0. The first-order chi connectivity index (χ1) is 9.90. The molecule has 1 fully saturated rings. The molecule has 1 aliphatic carbocycles. The molecule has 2 nitrogen and oxygen atoms in total. The summed E-state index contributed by atoms with van der Waals surface area (Å²) in [5.41, 5.74) is 1.40. The summed E-state index contributed by atoms with van der Waals surface area (Å²) < 4.78 is 0. The summed E-state index contributed by atoms with van der Waals surface area (Å²) in [6.45, 7) is 0. The number of amidine groups is 1. The van der Waals surface area contributed by atoms with Crippen molar-refractivity contribution in [3.8, 4) is 0 Å². The molecule has 1 aromatic rings. The second-order valence-corrected chi connectivity index (χ2v) is 6.93. The summed E-state index contributed by atoms with van der Waals surface area (Å²) in [5.74, 6) is 1.13. The highest BCUT2D eigenvalue weighted by Gasteiger charge is 2.21. The number of rotatable bonds is 3. The lowest BCUT2D eigenvalue weighted by molar-refractivity contribution is 0.535. The van der Waals surface area contributed by atoms with Crippen LogP contribution in [0.5, 0.6) is 0 Å². The van der Waals surface area contributed by atoms with E-state index in [9.17, 15) is 0 Å². The van der Waals surface area contributed by atoms with E-state index in [1.165, 1.54) is 49.3 Å². The molecule has 0 radical (unpaired) electrons. The maximum Gasteiger partial charge on any atom is 0.157 e. The number of hydrogen-bond donors (Lipinski definition) is 1. The third kappa shape index (κ3) is 4.02. The van der Waals surface area contributed by atoms with Crippen LogP contribution in [0.2, 0.25) is 0 Å². The van der Waals surface area contributed by atoms with Crippen molar-refractivity contribution < 1.29 is 0 Å². The van der Waals surface area contributed by atoms with Gasteiger partial charge in [0, 0.05) is 11.8 Å². The lowest BCUT2D eigenvalue weighted by atomic mass is 10.1. The van der Waals surface area contributed by atoms with E-state index >= 15 is 0 Å². The molecule has 20 heavy (non-hydrogen) atoms. The topological polar surface area (TPSA) is 24.4 Å². The highest BCUT2D eigenvalue weighted by molar-refractivity contribution is 8.14. The van der Waals surface area contributed by atoms with Crippen LogP contribution in [0.1, 0.15) is 44.1 Å². The van der Waals surface area contributed by atoms with Gasteiger partial charge in [-0.05, 0) is 24.8 Å². The molecule has 0 bridgehead atoms. The molecule has 1 atom stereocenters. The molecular weight excluding hydrogens is 264 g/mol. The zero-order valence-corrected chi connectivity index (χ0v) is 12.9. The minimum Gasteiger partial charge on any atom is -0.362 e. The minimum atomic E-state index is 0.454. The Morgan fingerprint density at radius 1 is 1.05 bits per heavy atom. The van der Waals surface area contributed by atoms with Crippen molar-refractivity contribution in [3.05, 3.63) is 35.9 Å². The molecule has 0 saturated heterocycles. The largest absolute Gasteiger partial charge is 0.362 e. The molecule has 1 heterocycles. The van der Waals surface area contributed by atoms with Gasteiger partial charge in [-0.1, -0.05) is 67.8 Å². The average molecular weight is 288 g/mol. The summed E-state index contributed by atoms with van der Waals surface area (Å²) in [6.07, 6.45) is 9.30. The molecule has 1 N–H and O–H groups in total. The van der Waals surface area contributed by atoms with Gasteiger partial charge in [-0.15, -0.1) is 0 Å². The lowest BCUT2D eigenvalue weighted by Gasteiger charge is -2.16. The van der Waals surface area contributed by atoms with Gasteiger partial charge >= 0.3 is 0 Å². The molecule has 0 aromatic heterocycles. The fraction of sp³-hybridized carbons (Fsp3) is 0.588. The van der Waals surface area contributed by atoms with Crippen molar-refractivity contribution in [1.29, 1.82) is 0 Å². The number of hydrogen-bond acceptors (Lipinski definition) is 3. The van der Waals surface area contributed by atoms with Gasteiger partial charge in [-0.3, -0.25) is 4.99 Å². The fourth-order valence-corrected chi connectivity index (χ4v) is 4.10. The van der Waals surface area contributed by atoms with E-state index in [2.05, 4.69) is 35.6 Å². The Hall–Kier alpha value is -0.960. The summed E-state index contributed by atoms with van der Waals surface area (Å²) in [4.78, 5) is 4.88. The molecule has 1 aliphatic heterocycles. The molecular formula is C17H24N2S. The molecule has 3 rings (SSSR count). The van der Waals surface area contributed by atoms with Crippen LogP contribution in [0.15, 0.2) is 35.3 Å². The van der Waals surface area contributed by atoms with E-state index in [0.29, 0.717) is 12.1 Å². The fourth-order valence-electron chi connectivity index (χ4n) is 3.08. The van der Waals surface area contributed by atoms with Crippen molar-refractivity contribution in [2.24, 2.45) is 4.99 Å². The quantitative estimate of drug-likeness (QED) is 0.850. The van der Waals surface area contributed by atoms with Gasteiger partial charge in [-0.25, -0.2) is 0 Å². The molecule has 108 valence electrons. The predicted molar refractivity (Wildman–Crippen MR) is 88.5 cm³/mol. The Morgan fingerprint density at radius 3 is 2.55 bits per heavy atom. The van der Waals surface area contributed by atoms with E-state index in [4.69, 9.17) is 4.99 Å². The molecule has 3 heteroatoms. The van der Waals surface area contributed by atoms with Crippen LogP contribution < -0.4 is 5.32 Å². The van der Waals surface area contributed by atoms with Gasteiger partial charge in [0.25, 0.3) is 0 Å². The highest BCUT2D eigenvalue weighted by atomic mass is 32.2. The molecule has 0 amide bonds. The van der Waals surface area contributed by atoms with Crippen molar-refractivity contribution in [3.63, 3.8) is 0 Å². The lowest BCUT2D eigenvalue weighted by Crippen LogP contribution is -2.31. The van der Waals surface area contributed by atoms with Gasteiger partial charge in [0.1, 0.15) is 0 Å². The first-order valence-corrected chi connectivity index (χ1v) is 8.90. The third-order valence-electron chi connectivity index (χ3n) is 4.21. The summed E-state index contributed by atoms with van der Waals surface area (Å²) >= 11 is 1.91.